The van der Waals surface area contributed by atoms with Crippen molar-refractivity contribution in [3.8, 4) is 11.1 Å². The number of nitrogens with one attached hydrogen (secondary N) is 2. The molecule has 3 rings (SSSR count). The molecule has 0 spiro atoms. The van der Waals surface area contributed by atoms with Gasteiger partial charge in [-0.2, -0.15) is 13.2 Å². The van der Waals surface area contributed by atoms with E-state index in [4.69, 9.17) is 0 Å². The van der Waals surface area contributed by atoms with Crippen LogP contribution in [0.1, 0.15) is 24.1 Å². The van der Waals surface area contributed by atoms with Gasteiger partial charge in [-0.15, -0.1) is 0 Å². The van der Waals surface area contributed by atoms with Crippen LogP contribution in [0.25, 0.3) is 11.1 Å². The summed E-state index contributed by atoms with van der Waals surface area (Å²) >= 11 is 0. The van der Waals surface area contributed by atoms with Crippen molar-refractivity contribution in [2.24, 2.45) is 5.92 Å². The molecule has 4 nitrogen and oxygen atoms in total. The van der Waals surface area contributed by atoms with Crippen molar-refractivity contribution in [3.63, 3.8) is 0 Å². The van der Waals surface area contributed by atoms with E-state index in [2.05, 4.69) is 20.6 Å². The number of piperidine rings is 1. The van der Waals surface area contributed by atoms with E-state index in [1.165, 1.54) is 6.20 Å². The Kier molecular flexibility index (Phi) is 5.41. The topological polar surface area (TPSA) is 49.8 Å². The minimum Gasteiger partial charge on any atom is -0.354 e. The van der Waals surface area contributed by atoms with E-state index in [1.807, 2.05) is 0 Å². The summed E-state index contributed by atoms with van der Waals surface area (Å²) < 4.78 is 52.2. The molecule has 1 aromatic heterocycles. The van der Waals surface area contributed by atoms with Gasteiger partial charge in [0.2, 0.25) is 5.95 Å². The lowest BCUT2D eigenvalue weighted by atomic mass is 10.00. The highest BCUT2D eigenvalue weighted by atomic mass is 19.4. The van der Waals surface area contributed by atoms with Crippen LogP contribution in [0.2, 0.25) is 0 Å². The largest absolute Gasteiger partial charge is 0.416 e. The van der Waals surface area contributed by atoms with Gasteiger partial charge in [-0.05, 0) is 50.9 Å². The van der Waals surface area contributed by atoms with E-state index in [0.717, 1.165) is 44.6 Å². The average Bonchev–Trinajstić information content (AvgIpc) is 2.60. The van der Waals surface area contributed by atoms with Gasteiger partial charge < -0.3 is 10.6 Å². The summed E-state index contributed by atoms with van der Waals surface area (Å²) in [5, 5.41) is 6.50. The first-order chi connectivity index (χ1) is 12.3. The Morgan fingerprint density at radius 1 is 1.27 bits per heavy atom. The third kappa shape index (κ3) is 4.30. The zero-order valence-corrected chi connectivity index (χ0v) is 14.3. The molecule has 1 saturated heterocycles. The minimum atomic E-state index is -4.58. The van der Waals surface area contributed by atoms with Crippen LogP contribution in [0.5, 0.6) is 0 Å². The number of halogens is 4. The zero-order valence-electron chi connectivity index (χ0n) is 14.3. The number of benzene rings is 1. The first-order valence-electron chi connectivity index (χ1n) is 8.50. The predicted molar refractivity (Wildman–Crippen MR) is 91.2 cm³/mol. The highest BCUT2D eigenvalue weighted by molar-refractivity contribution is 5.66. The smallest absolute Gasteiger partial charge is 0.354 e. The molecule has 0 saturated carbocycles. The highest BCUT2D eigenvalue weighted by Crippen LogP contribution is 2.33. The second-order valence-corrected chi connectivity index (χ2v) is 6.48. The molecule has 0 bridgehead atoms. The Hall–Kier alpha value is -2.22. The Bertz CT molecular complexity index is 770. The van der Waals surface area contributed by atoms with Crippen LogP contribution in [-0.4, -0.2) is 29.6 Å². The van der Waals surface area contributed by atoms with Crippen molar-refractivity contribution in [2.45, 2.75) is 25.9 Å². The fourth-order valence-electron chi connectivity index (χ4n) is 3.06. The summed E-state index contributed by atoms with van der Waals surface area (Å²) in [4.78, 5) is 8.50. The second-order valence-electron chi connectivity index (χ2n) is 6.48. The van der Waals surface area contributed by atoms with E-state index in [1.54, 1.807) is 6.92 Å². The SMILES string of the molecule is Cc1nc(NCC2CCCNC2)ncc1-c1ccc(C(F)(F)F)cc1F. The molecule has 2 N–H and O–H groups in total. The van der Waals surface area contributed by atoms with E-state index >= 15 is 0 Å². The lowest BCUT2D eigenvalue weighted by molar-refractivity contribution is -0.137. The summed E-state index contributed by atoms with van der Waals surface area (Å²) in [5.74, 6) is -0.00986. The summed E-state index contributed by atoms with van der Waals surface area (Å²) in [7, 11) is 0. The molecule has 1 unspecified atom stereocenters. The van der Waals surface area contributed by atoms with Crippen LogP contribution in [0.3, 0.4) is 0 Å². The molecule has 26 heavy (non-hydrogen) atoms. The molecule has 1 atom stereocenters. The van der Waals surface area contributed by atoms with Crippen molar-refractivity contribution >= 4 is 5.95 Å². The molecule has 2 aromatic rings. The van der Waals surface area contributed by atoms with E-state index < -0.39 is 17.6 Å². The number of alkyl halides is 3. The lowest BCUT2D eigenvalue weighted by Gasteiger charge is -2.23. The molecule has 2 heterocycles. The van der Waals surface area contributed by atoms with Crippen LogP contribution >= 0.6 is 0 Å². The number of rotatable bonds is 4. The Balaban J connectivity index is 1.75. The first-order valence-corrected chi connectivity index (χ1v) is 8.50. The normalized spacial score (nSPS) is 18.0. The van der Waals surface area contributed by atoms with Gasteiger partial charge in [0.1, 0.15) is 5.82 Å². The number of hydrogen-bond donors (Lipinski definition) is 2. The van der Waals surface area contributed by atoms with Crippen molar-refractivity contribution in [1.82, 2.24) is 15.3 Å². The van der Waals surface area contributed by atoms with Gasteiger partial charge in [0, 0.05) is 23.9 Å². The minimum absolute atomic E-state index is 0.0542. The number of aryl methyl sites for hydroxylation is 1. The van der Waals surface area contributed by atoms with Gasteiger partial charge in [0.15, 0.2) is 0 Å². The number of aromatic nitrogens is 2. The standard InChI is InChI=1S/C18H20F4N4/c1-11-15(14-5-4-13(7-16(14)19)18(20,21)22)10-25-17(26-11)24-9-12-3-2-6-23-8-12/h4-5,7,10,12,23H,2-3,6,8-9H2,1H3,(H,24,25,26). The maximum absolute atomic E-state index is 14.2. The molecule has 1 aliphatic rings. The molecule has 140 valence electrons. The quantitative estimate of drug-likeness (QED) is 0.801. The van der Waals surface area contributed by atoms with Gasteiger partial charge in [-0.1, -0.05) is 6.07 Å². The lowest BCUT2D eigenvalue weighted by Crippen LogP contribution is -2.33. The summed E-state index contributed by atoms with van der Waals surface area (Å²) in [6.45, 7) is 4.40. The molecule has 1 aromatic carbocycles. The van der Waals surface area contributed by atoms with Crippen molar-refractivity contribution in [1.29, 1.82) is 0 Å². The average molecular weight is 368 g/mol. The second kappa shape index (κ2) is 7.57. The van der Waals surface area contributed by atoms with Crippen LogP contribution in [0.15, 0.2) is 24.4 Å². The van der Waals surface area contributed by atoms with Crippen LogP contribution in [0, 0.1) is 18.7 Å². The predicted octanol–water partition coefficient (Wildman–Crippen LogP) is 4.02. The summed E-state index contributed by atoms with van der Waals surface area (Å²) in [5.41, 5.74) is -0.0840. The number of hydrogen-bond acceptors (Lipinski definition) is 4. The molecular formula is C18H20F4N4. The first kappa shape index (κ1) is 18.6. The van der Waals surface area contributed by atoms with Gasteiger partial charge >= 0.3 is 6.18 Å². The van der Waals surface area contributed by atoms with Crippen LogP contribution in [-0.2, 0) is 6.18 Å². The van der Waals surface area contributed by atoms with Crippen LogP contribution in [0.4, 0.5) is 23.5 Å². The van der Waals surface area contributed by atoms with Crippen LogP contribution < -0.4 is 10.6 Å². The third-order valence-electron chi connectivity index (χ3n) is 4.51. The summed E-state index contributed by atoms with van der Waals surface area (Å²) in [6, 6.07) is 2.47. The van der Waals surface area contributed by atoms with Gasteiger partial charge in [0.05, 0.1) is 11.3 Å². The Morgan fingerprint density at radius 3 is 2.69 bits per heavy atom. The monoisotopic (exact) mass is 368 g/mol. The van der Waals surface area contributed by atoms with Crippen molar-refractivity contribution in [2.75, 3.05) is 25.0 Å². The molecule has 1 aliphatic heterocycles. The fourth-order valence-corrected chi connectivity index (χ4v) is 3.06. The van der Waals surface area contributed by atoms with E-state index in [0.29, 0.717) is 29.2 Å². The van der Waals surface area contributed by atoms with Crippen molar-refractivity contribution < 1.29 is 17.6 Å². The number of nitrogens with zero attached hydrogens (tertiary/aromatic N) is 2. The maximum atomic E-state index is 14.2. The Labute approximate surface area is 149 Å². The zero-order chi connectivity index (χ0) is 18.7. The van der Waals surface area contributed by atoms with Gasteiger partial charge in [-0.25, -0.2) is 14.4 Å². The summed E-state index contributed by atoms with van der Waals surface area (Å²) in [6.07, 6.45) is -0.867. The molecule has 8 heteroatoms. The van der Waals surface area contributed by atoms with Gasteiger partial charge in [0.25, 0.3) is 0 Å². The molecular weight excluding hydrogens is 348 g/mol. The van der Waals surface area contributed by atoms with E-state index in [-0.39, 0.29) is 5.56 Å². The molecule has 0 radical (unpaired) electrons. The molecule has 0 aliphatic carbocycles. The molecule has 1 fully saturated rings. The number of anilines is 1. The van der Waals surface area contributed by atoms with E-state index in [9.17, 15) is 17.6 Å². The molecule has 0 amide bonds. The third-order valence-corrected chi connectivity index (χ3v) is 4.51. The van der Waals surface area contributed by atoms with Crippen molar-refractivity contribution in [3.05, 3.63) is 41.5 Å². The highest BCUT2D eigenvalue weighted by Gasteiger charge is 2.31. The maximum Gasteiger partial charge on any atom is 0.416 e. The Morgan fingerprint density at radius 2 is 2.08 bits per heavy atom. The van der Waals surface area contributed by atoms with Gasteiger partial charge in [-0.3, -0.25) is 0 Å². The fraction of sp³-hybridized carbons (Fsp3) is 0.444.